The van der Waals surface area contributed by atoms with Crippen LogP contribution in [0.4, 0.5) is 0 Å². The zero-order valence-electron chi connectivity index (χ0n) is 15.6. The highest BCUT2D eigenvalue weighted by molar-refractivity contribution is 5.79. The second-order valence-corrected chi connectivity index (χ2v) is 7.01. The minimum Gasteiger partial charge on any atom is -0.376 e. The monoisotopic (exact) mass is 353 g/mol. The highest BCUT2D eigenvalue weighted by Gasteiger charge is 2.22. The summed E-state index contributed by atoms with van der Waals surface area (Å²) in [4.78, 5) is 18.2. The van der Waals surface area contributed by atoms with Gasteiger partial charge in [0.15, 0.2) is 5.96 Å². The first-order valence-corrected chi connectivity index (χ1v) is 9.84. The maximum absolute atomic E-state index is 11.2. The van der Waals surface area contributed by atoms with Gasteiger partial charge in [0.1, 0.15) is 0 Å². The first-order valence-electron chi connectivity index (χ1n) is 9.84. The fourth-order valence-corrected chi connectivity index (χ4v) is 3.43. The molecule has 2 heterocycles. The average molecular weight is 354 g/mol. The number of hydrogen-bond acceptors (Lipinski definition) is 4. The van der Waals surface area contributed by atoms with Crippen LogP contribution in [-0.2, 0) is 9.53 Å². The van der Waals surface area contributed by atoms with E-state index in [0.29, 0.717) is 6.10 Å². The van der Waals surface area contributed by atoms with E-state index in [0.717, 1.165) is 90.4 Å². The first-order chi connectivity index (χ1) is 12.2. The lowest BCUT2D eigenvalue weighted by molar-refractivity contribution is -0.123. The van der Waals surface area contributed by atoms with Crippen LogP contribution in [0.3, 0.4) is 0 Å². The third-order valence-corrected chi connectivity index (χ3v) is 5.00. The van der Waals surface area contributed by atoms with Gasteiger partial charge < -0.3 is 26.0 Å². The number of nitrogens with two attached hydrogens (primary N) is 1. The van der Waals surface area contributed by atoms with Gasteiger partial charge in [-0.2, -0.15) is 0 Å². The standard InChI is InChI=1S/C18H35N5O2/c1-2-20-18(22-14-16-6-5-13-25-16)21-9-3-4-10-23-11-7-15(8-12-23)17(19)24/h15-16H,2-14H2,1H3,(H2,19,24)(H2,20,21,22). The molecule has 0 aromatic rings. The van der Waals surface area contributed by atoms with Crippen molar-refractivity contribution in [1.82, 2.24) is 15.5 Å². The summed E-state index contributed by atoms with van der Waals surface area (Å²) in [5, 5.41) is 6.70. The second kappa shape index (κ2) is 11.3. The van der Waals surface area contributed by atoms with Crippen molar-refractivity contribution >= 4 is 11.9 Å². The van der Waals surface area contributed by atoms with E-state index in [1.165, 1.54) is 0 Å². The summed E-state index contributed by atoms with van der Waals surface area (Å²) in [6, 6.07) is 0. The Kier molecular flexibility index (Phi) is 9.04. The van der Waals surface area contributed by atoms with Gasteiger partial charge in [-0.1, -0.05) is 0 Å². The quantitative estimate of drug-likeness (QED) is 0.322. The molecule has 0 aromatic carbocycles. The Morgan fingerprint density at radius 2 is 2.04 bits per heavy atom. The van der Waals surface area contributed by atoms with E-state index in [2.05, 4.69) is 27.4 Å². The van der Waals surface area contributed by atoms with Gasteiger partial charge in [0.05, 0.1) is 12.6 Å². The van der Waals surface area contributed by atoms with Crippen LogP contribution in [-0.4, -0.2) is 68.7 Å². The molecule has 4 N–H and O–H groups in total. The van der Waals surface area contributed by atoms with Crippen molar-refractivity contribution in [3.63, 3.8) is 0 Å². The van der Waals surface area contributed by atoms with Crippen molar-refractivity contribution in [1.29, 1.82) is 0 Å². The number of unbranched alkanes of at least 4 members (excludes halogenated alkanes) is 1. The minimum atomic E-state index is -0.137. The number of primary amides is 1. The van der Waals surface area contributed by atoms with E-state index in [9.17, 15) is 4.79 Å². The van der Waals surface area contributed by atoms with Crippen molar-refractivity contribution in [3.8, 4) is 0 Å². The SMILES string of the molecule is CCNC(=NCC1CCCO1)NCCCCN1CCC(C(N)=O)CC1. The molecule has 2 aliphatic rings. The number of guanidine groups is 1. The largest absolute Gasteiger partial charge is 0.376 e. The number of rotatable bonds is 9. The molecule has 0 bridgehead atoms. The lowest BCUT2D eigenvalue weighted by Crippen LogP contribution is -2.40. The number of carbonyl (C=O) groups is 1. The number of amides is 1. The van der Waals surface area contributed by atoms with Gasteiger partial charge in [0.2, 0.25) is 5.91 Å². The van der Waals surface area contributed by atoms with Crippen molar-refractivity contribution in [2.75, 3.05) is 45.9 Å². The molecule has 7 nitrogen and oxygen atoms in total. The molecule has 0 aromatic heterocycles. The van der Waals surface area contributed by atoms with E-state index < -0.39 is 0 Å². The van der Waals surface area contributed by atoms with E-state index >= 15 is 0 Å². The number of carbonyl (C=O) groups excluding carboxylic acids is 1. The van der Waals surface area contributed by atoms with E-state index in [4.69, 9.17) is 10.5 Å². The normalized spacial score (nSPS) is 22.9. The van der Waals surface area contributed by atoms with Crippen LogP contribution in [0, 0.1) is 5.92 Å². The summed E-state index contributed by atoms with van der Waals surface area (Å²) in [7, 11) is 0. The first kappa shape index (κ1) is 20.0. The van der Waals surface area contributed by atoms with Crippen molar-refractivity contribution in [2.45, 2.75) is 51.6 Å². The summed E-state index contributed by atoms with van der Waals surface area (Å²) in [5.41, 5.74) is 5.38. The van der Waals surface area contributed by atoms with Gasteiger partial charge in [-0.05, 0) is 65.1 Å². The number of likely N-dealkylation sites (tertiary alicyclic amines) is 1. The predicted molar refractivity (Wildman–Crippen MR) is 101 cm³/mol. The molecule has 2 saturated heterocycles. The van der Waals surface area contributed by atoms with Gasteiger partial charge in [-0.15, -0.1) is 0 Å². The van der Waals surface area contributed by atoms with Crippen LogP contribution in [0.1, 0.15) is 45.4 Å². The molecule has 25 heavy (non-hydrogen) atoms. The predicted octanol–water partition coefficient (Wildman–Crippen LogP) is 0.698. The molecule has 0 saturated carbocycles. The van der Waals surface area contributed by atoms with Crippen LogP contribution >= 0.6 is 0 Å². The topological polar surface area (TPSA) is 92.0 Å². The zero-order chi connectivity index (χ0) is 17.9. The number of aliphatic imine (C=N–C) groups is 1. The molecule has 1 atom stereocenters. The van der Waals surface area contributed by atoms with E-state index in [1.54, 1.807) is 0 Å². The molecule has 0 spiro atoms. The molecule has 1 amide bonds. The summed E-state index contributed by atoms with van der Waals surface area (Å²) in [6.07, 6.45) is 6.65. The molecule has 2 fully saturated rings. The summed E-state index contributed by atoms with van der Waals surface area (Å²) in [6.45, 7) is 8.57. The third kappa shape index (κ3) is 7.61. The Morgan fingerprint density at radius 3 is 2.68 bits per heavy atom. The maximum Gasteiger partial charge on any atom is 0.220 e. The fraction of sp³-hybridized carbons (Fsp3) is 0.889. The Bertz CT molecular complexity index is 416. The number of hydrogen-bond donors (Lipinski definition) is 3. The van der Waals surface area contributed by atoms with Crippen molar-refractivity contribution in [2.24, 2.45) is 16.6 Å². The van der Waals surface area contributed by atoms with Crippen LogP contribution in [0.25, 0.3) is 0 Å². The molecular formula is C18H35N5O2. The fourth-order valence-electron chi connectivity index (χ4n) is 3.43. The summed E-state index contributed by atoms with van der Waals surface area (Å²) >= 11 is 0. The van der Waals surface area contributed by atoms with Gasteiger partial charge >= 0.3 is 0 Å². The van der Waals surface area contributed by atoms with Crippen LogP contribution in [0.2, 0.25) is 0 Å². The molecule has 144 valence electrons. The molecule has 2 rings (SSSR count). The summed E-state index contributed by atoms with van der Waals surface area (Å²) < 4.78 is 5.62. The second-order valence-electron chi connectivity index (χ2n) is 7.01. The minimum absolute atomic E-state index is 0.0839. The zero-order valence-corrected chi connectivity index (χ0v) is 15.6. The molecule has 1 unspecified atom stereocenters. The summed E-state index contributed by atoms with van der Waals surface area (Å²) in [5.74, 6) is 0.836. The lowest BCUT2D eigenvalue weighted by Gasteiger charge is -2.30. The van der Waals surface area contributed by atoms with Crippen molar-refractivity contribution < 1.29 is 9.53 Å². The van der Waals surface area contributed by atoms with Crippen LogP contribution in [0.5, 0.6) is 0 Å². The Morgan fingerprint density at radius 1 is 1.24 bits per heavy atom. The van der Waals surface area contributed by atoms with Crippen LogP contribution < -0.4 is 16.4 Å². The van der Waals surface area contributed by atoms with Gasteiger partial charge in [-0.25, -0.2) is 0 Å². The number of piperidine rings is 1. The van der Waals surface area contributed by atoms with Crippen LogP contribution in [0.15, 0.2) is 4.99 Å². The molecule has 0 aliphatic carbocycles. The Balaban J connectivity index is 1.55. The highest BCUT2D eigenvalue weighted by Crippen LogP contribution is 2.16. The number of ether oxygens (including phenoxy) is 1. The van der Waals surface area contributed by atoms with Gasteiger partial charge in [0.25, 0.3) is 0 Å². The van der Waals surface area contributed by atoms with Crippen molar-refractivity contribution in [3.05, 3.63) is 0 Å². The number of nitrogens with zero attached hydrogens (tertiary/aromatic N) is 2. The van der Waals surface area contributed by atoms with E-state index in [1.807, 2.05) is 0 Å². The third-order valence-electron chi connectivity index (χ3n) is 5.00. The highest BCUT2D eigenvalue weighted by atomic mass is 16.5. The number of nitrogens with one attached hydrogen (secondary N) is 2. The van der Waals surface area contributed by atoms with Gasteiger partial charge in [-0.3, -0.25) is 9.79 Å². The maximum atomic E-state index is 11.2. The smallest absolute Gasteiger partial charge is 0.220 e. The average Bonchev–Trinajstić information content (AvgIpc) is 3.13. The molecule has 7 heteroatoms. The van der Waals surface area contributed by atoms with Gasteiger partial charge in [0, 0.05) is 25.6 Å². The lowest BCUT2D eigenvalue weighted by atomic mass is 9.96. The molecular weight excluding hydrogens is 318 g/mol. The Labute approximate surface area is 151 Å². The molecule has 0 radical (unpaired) electrons. The molecule has 2 aliphatic heterocycles. The Hall–Kier alpha value is -1.34. The van der Waals surface area contributed by atoms with E-state index in [-0.39, 0.29) is 11.8 Å².